The molecule has 0 aromatic heterocycles. The zero-order valence-electron chi connectivity index (χ0n) is 10.2. The Morgan fingerprint density at radius 2 is 1.88 bits per heavy atom. The molecule has 0 heterocycles. The SMILES string of the molecule is CCN(CC)C(=O)Nc1c(Cl)ccc(C)c1Cl. The van der Waals surface area contributed by atoms with Crippen LogP contribution in [-0.4, -0.2) is 24.0 Å². The number of rotatable bonds is 3. The molecule has 0 saturated carbocycles. The summed E-state index contributed by atoms with van der Waals surface area (Å²) in [7, 11) is 0. The van der Waals surface area contributed by atoms with Gasteiger partial charge in [0.25, 0.3) is 0 Å². The molecule has 0 aliphatic heterocycles. The van der Waals surface area contributed by atoms with Gasteiger partial charge in [-0.1, -0.05) is 29.3 Å². The Labute approximate surface area is 112 Å². The number of anilines is 1. The van der Waals surface area contributed by atoms with Crippen LogP contribution >= 0.6 is 23.2 Å². The van der Waals surface area contributed by atoms with Crippen LogP contribution in [0.25, 0.3) is 0 Å². The van der Waals surface area contributed by atoms with Gasteiger partial charge < -0.3 is 10.2 Å². The van der Waals surface area contributed by atoms with Crippen LogP contribution in [0.3, 0.4) is 0 Å². The number of carbonyl (C=O) groups is 1. The maximum Gasteiger partial charge on any atom is 0.321 e. The molecule has 0 atom stereocenters. The molecule has 3 nitrogen and oxygen atoms in total. The van der Waals surface area contributed by atoms with Gasteiger partial charge in [-0.05, 0) is 32.4 Å². The van der Waals surface area contributed by atoms with E-state index in [0.717, 1.165) is 5.56 Å². The maximum atomic E-state index is 11.9. The molecule has 0 aliphatic carbocycles. The Morgan fingerprint density at radius 3 is 2.41 bits per heavy atom. The van der Waals surface area contributed by atoms with Crippen molar-refractivity contribution in [1.29, 1.82) is 0 Å². The number of benzene rings is 1. The number of hydrogen-bond acceptors (Lipinski definition) is 1. The van der Waals surface area contributed by atoms with E-state index in [1.54, 1.807) is 11.0 Å². The van der Waals surface area contributed by atoms with Crippen LogP contribution in [-0.2, 0) is 0 Å². The summed E-state index contributed by atoms with van der Waals surface area (Å²) in [5.41, 5.74) is 1.36. The van der Waals surface area contributed by atoms with Gasteiger partial charge in [-0.15, -0.1) is 0 Å². The molecule has 2 amide bonds. The van der Waals surface area contributed by atoms with Crippen molar-refractivity contribution < 1.29 is 4.79 Å². The van der Waals surface area contributed by atoms with Crippen LogP contribution in [0.2, 0.25) is 10.0 Å². The molecule has 17 heavy (non-hydrogen) atoms. The molecule has 1 aromatic carbocycles. The summed E-state index contributed by atoms with van der Waals surface area (Å²) in [6, 6.07) is 3.35. The Bertz CT molecular complexity index is 417. The van der Waals surface area contributed by atoms with Gasteiger partial charge in [0.15, 0.2) is 0 Å². The highest BCUT2D eigenvalue weighted by atomic mass is 35.5. The van der Waals surface area contributed by atoms with Crippen molar-refractivity contribution in [3.05, 3.63) is 27.7 Å². The number of carbonyl (C=O) groups excluding carboxylic acids is 1. The summed E-state index contributed by atoms with van der Waals surface area (Å²) in [5, 5.41) is 3.67. The van der Waals surface area contributed by atoms with Gasteiger partial charge in [0.05, 0.1) is 15.7 Å². The third-order valence-electron chi connectivity index (χ3n) is 2.57. The maximum absolute atomic E-state index is 11.9. The van der Waals surface area contributed by atoms with E-state index < -0.39 is 0 Å². The number of urea groups is 1. The Morgan fingerprint density at radius 1 is 1.29 bits per heavy atom. The molecular formula is C12H16Cl2N2O. The van der Waals surface area contributed by atoms with E-state index in [2.05, 4.69) is 5.32 Å². The lowest BCUT2D eigenvalue weighted by atomic mass is 10.2. The first-order chi connectivity index (χ1) is 8.01. The van der Waals surface area contributed by atoms with Crippen LogP contribution in [0.4, 0.5) is 10.5 Å². The van der Waals surface area contributed by atoms with Crippen molar-refractivity contribution in [2.45, 2.75) is 20.8 Å². The average Bonchev–Trinajstić information content (AvgIpc) is 2.31. The van der Waals surface area contributed by atoms with E-state index >= 15 is 0 Å². The summed E-state index contributed by atoms with van der Waals surface area (Å²) >= 11 is 12.1. The lowest BCUT2D eigenvalue weighted by molar-refractivity contribution is 0.217. The van der Waals surface area contributed by atoms with Crippen molar-refractivity contribution >= 4 is 34.9 Å². The second-order valence-corrected chi connectivity index (χ2v) is 4.44. The van der Waals surface area contributed by atoms with Crippen molar-refractivity contribution in [3.8, 4) is 0 Å². The Hall–Kier alpha value is -0.930. The summed E-state index contributed by atoms with van der Waals surface area (Å²) in [6.07, 6.45) is 0. The first-order valence-corrected chi connectivity index (χ1v) is 6.27. The number of amides is 2. The molecule has 1 aromatic rings. The largest absolute Gasteiger partial charge is 0.325 e. The molecule has 5 heteroatoms. The highest BCUT2D eigenvalue weighted by molar-refractivity contribution is 6.40. The second-order valence-electron chi connectivity index (χ2n) is 3.66. The molecule has 0 unspecified atom stereocenters. The van der Waals surface area contributed by atoms with E-state index in [9.17, 15) is 4.79 Å². The minimum atomic E-state index is -0.190. The van der Waals surface area contributed by atoms with Gasteiger partial charge in [0.2, 0.25) is 0 Å². The fraction of sp³-hybridized carbons (Fsp3) is 0.417. The predicted octanol–water partition coefficient (Wildman–Crippen LogP) is 4.18. The van der Waals surface area contributed by atoms with Gasteiger partial charge in [0.1, 0.15) is 0 Å². The molecular weight excluding hydrogens is 259 g/mol. The quantitative estimate of drug-likeness (QED) is 0.881. The van der Waals surface area contributed by atoms with E-state index in [-0.39, 0.29) is 6.03 Å². The Balaban J connectivity index is 2.95. The normalized spacial score (nSPS) is 10.2. The molecule has 0 radical (unpaired) electrons. The van der Waals surface area contributed by atoms with Gasteiger partial charge in [-0.25, -0.2) is 4.79 Å². The molecule has 0 aliphatic rings. The van der Waals surface area contributed by atoms with Gasteiger partial charge in [0, 0.05) is 13.1 Å². The summed E-state index contributed by atoms with van der Waals surface area (Å²) in [4.78, 5) is 13.5. The summed E-state index contributed by atoms with van der Waals surface area (Å²) in [5.74, 6) is 0. The lowest BCUT2D eigenvalue weighted by Crippen LogP contribution is -2.34. The van der Waals surface area contributed by atoms with Crippen LogP contribution in [0.15, 0.2) is 12.1 Å². The molecule has 0 saturated heterocycles. The van der Waals surface area contributed by atoms with E-state index in [1.165, 1.54) is 0 Å². The fourth-order valence-corrected chi connectivity index (χ4v) is 1.93. The molecule has 94 valence electrons. The number of nitrogens with zero attached hydrogens (tertiary/aromatic N) is 1. The highest BCUT2D eigenvalue weighted by Crippen LogP contribution is 2.32. The van der Waals surface area contributed by atoms with E-state index in [0.29, 0.717) is 28.8 Å². The van der Waals surface area contributed by atoms with Crippen LogP contribution in [0.5, 0.6) is 0 Å². The van der Waals surface area contributed by atoms with Crippen LogP contribution in [0.1, 0.15) is 19.4 Å². The zero-order chi connectivity index (χ0) is 13.0. The minimum absolute atomic E-state index is 0.190. The van der Waals surface area contributed by atoms with Gasteiger partial charge in [-0.3, -0.25) is 0 Å². The first-order valence-electron chi connectivity index (χ1n) is 5.51. The topological polar surface area (TPSA) is 32.3 Å². The predicted molar refractivity (Wildman–Crippen MR) is 73.1 cm³/mol. The molecule has 0 spiro atoms. The van der Waals surface area contributed by atoms with Gasteiger partial charge >= 0.3 is 6.03 Å². The number of aryl methyl sites for hydroxylation is 1. The van der Waals surface area contributed by atoms with Crippen LogP contribution in [0, 0.1) is 6.92 Å². The third kappa shape index (κ3) is 3.27. The smallest absolute Gasteiger partial charge is 0.321 e. The summed E-state index contributed by atoms with van der Waals surface area (Å²) in [6.45, 7) is 6.99. The minimum Gasteiger partial charge on any atom is -0.325 e. The van der Waals surface area contributed by atoms with Crippen LogP contribution < -0.4 is 5.32 Å². The third-order valence-corrected chi connectivity index (χ3v) is 3.37. The Kier molecular flexibility index (Phi) is 5.09. The highest BCUT2D eigenvalue weighted by Gasteiger charge is 2.14. The van der Waals surface area contributed by atoms with Crippen molar-refractivity contribution in [2.75, 3.05) is 18.4 Å². The van der Waals surface area contributed by atoms with E-state index in [1.807, 2.05) is 26.8 Å². The van der Waals surface area contributed by atoms with Gasteiger partial charge in [-0.2, -0.15) is 0 Å². The average molecular weight is 275 g/mol. The molecule has 1 N–H and O–H groups in total. The number of halogens is 2. The lowest BCUT2D eigenvalue weighted by Gasteiger charge is -2.20. The van der Waals surface area contributed by atoms with E-state index in [4.69, 9.17) is 23.2 Å². The fourth-order valence-electron chi connectivity index (χ4n) is 1.47. The molecule has 0 fully saturated rings. The number of hydrogen-bond donors (Lipinski definition) is 1. The summed E-state index contributed by atoms with van der Waals surface area (Å²) < 4.78 is 0. The van der Waals surface area contributed by atoms with Crippen molar-refractivity contribution in [3.63, 3.8) is 0 Å². The first kappa shape index (κ1) is 14.1. The second kappa shape index (κ2) is 6.12. The molecule has 0 bridgehead atoms. The zero-order valence-corrected chi connectivity index (χ0v) is 11.7. The monoisotopic (exact) mass is 274 g/mol. The van der Waals surface area contributed by atoms with Crippen molar-refractivity contribution in [1.82, 2.24) is 4.90 Å². The standard InChI is InChI=1S/C12H16Cl2N2O/c1-4-16(5-2)12(17)15-11-9(13)7-6-8(3)10(11)14/h6-7H,4-5H2,1-3H3,(H,15,17). The van der Waals surface area contributed by atoms with Crippen molar-refractivity contribution in [2.24, 2.45) is 0 Å². The number of nitrogens with one attached hydrogen (secondary N) is 1. The molecule has 1 rings (SSSR count).